The minimum Gasteiger partial charge on any atom is -0.339 e. The number of nitrogens with zero attached hydrogens (tertiary/aromatic N) is 2. The van der Waals surface area contributed by atoms with Gasteiger partial charge in [0, 0.05) is 29.6 Å². The van der Waals surface area contributed by atoms with Gasteiger partial charge in [-0.2, -0.15) is 0 Å². The van der Waals surface area contributed by atoms with Crippen molar-refractivity contribution in [1.82, 2.24) is 4.90 Å². The molecule has 4 rings (SSSR count). The molecule has 0 spiro atoms. The zero-order chi connectivity index (χ0) is 17.4. The number of likely N-dealkylation sites (tertiary alicyclic amines) is 1. The van der Waals surface area contributed by atoms with Crippen LogP contribution >= 0.6 is 11.8 Å². The highest BCUT2D eigenvalue weighted by Crippen LogP contribution is 2.34. The van der Waals surface area contributed by atoms with Gasteiger partial charge < -0.3 is 10.2 Å². The van der Waals surface area contributed by atoms with Crippen LogP contribution in [-0.2, 0) is 9.84 Å². The number of fused-ring (bicyclic) bond motifs is 1. The van der Waals surface area contributed by atoms with Crippen LogP contribution in [0.25, 0.3) is 0 Å². The zero-order valence-corrected chi connectivity index (χ0v) is 15.5. The van der Waals surface area contributed by atoms with Crippen LogP contribution in [0.1, 0.15) is 29.6 Å². The minimum atomic E-state index is -2.93. The number of carbonyl (C=O) groups excluding carboxylic acids is 1. The molecule has 2 unspecified atom stereocenters. The first kappa shape index (κ1) is 16.9. The van der Waals surface area contributed by atoms with Crippen LogP contribution in [0.5, 0.6) is 0 Å². The van der Waals surface area contributed by atoms with Gasteiger partial charge in [0.25, 0.3) is 5.91 Å². The molecule has 1 N–H and O–H groups in total. The average molecular weight is 380 g/mol. The maximum absolute atomic E-state index is 12.5. The highest BCUT2D eigenvalue weighted by atomic mass is 32.2. The maximum Gasteiger partial charge on any atom is 0.253 e. The number of carbonyl (C=O) groups is 1. The third kappa shape index (κ3) is 3.69. The number of anilines is 1. The Labute approximate surface area is 152 Å². The Hall–Kier alpha value is -1.54. The second-order valence-electron chi connectivity index (χ2n) is 6.79. The summed E-state index contributed by atoms with van der Waals surface area (Å²) in [6.45, 7) is 1.69. The van der Waals surface area contributed by atoms with E-state index in [1.54, 1.807) is 0 Å². The molecular weight excluding hydrogens is 358 g/mol. The molecule has 2 saturated heterocycles. The lowest BCUT2D eigenvalue weighted by Gasteiger charge is -2.26. The number of thioether (sulfide) groups is 1. The fraction of sp³-hybridized carbons (Fsp3) is 0.529. The van der Waals surface area contributed by atoms with E-state index in [2.05, 4.69) is 10.3 Å². The number of aliphatic imine (C=N–C) groups is 1. The third-order valence-corrected chi connectivity index (χ3v) is 7.99. The molecule has 6 nitrogen and oxygen atoms in total. The summed E-state index contributed by atoms with van der Waals surface area (Å²) in [6, 6.07) is 7.31. The van der Waals surface area contributed by atoms with Crippen molar-refractivity contribution in [3.63, 3.8) is 0 Å². The lowest BCUT2D eigenvalue weighted by molar-refractivity contribution is 0.0724. The van der Waals surface area contributed by atoms with E-state index >= 15 is 0 Å². The Kier molecular flexibility index (Phi) is 4.49. The highest BCUT2D eigenvalue weighted by molar-refractivity contribution is 8.15. The Morgan fingerprint density at radius 1 is 1.12 bits per heavy atom. The molecule has 1 amide bonds. The van der Waals surface area contributed by atoms with E-state index in [9.17, 15) is 13.2 Å². The molecule has 3 heterocycles. The third-order valence-electron chi connectivity index (χ3n) is 4.84. The molecule has 25 heavy (non-hydrogen) atoms. The van der Waals surface area contributed by atoms with Crippen LogP contribution in [-0.4, -0.2) is 60.3 Å². The van der Waals surface area contributed by atoms with Gasteiger partial charge in [-0.25, -0.2) is 8.42 Å². The first-order valence-corrected chi connectivity index (χ1v) is 11.3. The Balaban J connectivity index is 1.39. The van der Waals surface area contributed by atoms with Crippen molar-refractivity contribution >= 4 is 38.4 Å². The van der Waals surface area contributed by atoms with Gasteiger partial charge in [0.05, 0.1) is 17.5 Å². The zero-order valence-electron chi connectivity index (χ0n) is 13.8. The van der Waals surface area contributed by atoms with Gasteiger partial charge in [-0.15, -0.1) is 0 Å². The molecule has 2 fully saturated rings. The van der Waals surface area contributed by atoms with Crippen molar-refractivity contribution in [2.75, 3.05) is 29.9 Å². The van der Waals surface area contributed by atoms with Crippen molar-refractivity contribution < 1.29 is 13.2 Å². The second kappa shape index (κ2) is 6.64. The van der Waals surface area contributed by atoms with E-state index < -0.39 is 9.84 Å². The Morgan fingerprint density at radius 2 is 1.84 bits per heavy atom. The summed E-state index contributed by atoms with van der Waals surface area (Å²) in [6.07, 6.45) is 3.37. The fourth-order valence-corrected chi connectivity index (χ4v) is 7.19. The number of amides is 1. The van der Waals surface area contributed by atoms with Gasteiger partial charge in [0.2, 0.25) is 0 Å². The van der Waals surface area contributed by atoms with Gasteiger partial charge in [-0.3, -0.25) is 9.79 Å². The van der Waals surface area contributed by atoms with Crippen molar-refractivity contribution in [3.8, 4) is 0 Å². The van der Waals surface area contributed by atoms with Crippen LogP contribution < -0.4 is 5.32 Å². The average Bonchev–Trinajstić information content (AvgIpc) is 3.08. The summed E-state index contributed by atoms with van der Waals surface area (Å²) in [5.74, 6) is 0.456. The molecule has 0 aromatic heterocycles. The highest BCUT2D eigenvalue weighted by Gasteiger charge is 2.42. The number of piperidine rings is 1. The number of sulfone groups is 1. The monoisotopic (exact) mass is 379 g/mol. The lowest BCUT2D eigenvalue weighted by atomic mass is 10.1. The number of nitrogens with one attached hydrogen (secondary N) is 1. The van der Waals surface area contributed by atoms with Crippen molar-refractivity contribution in [3.05, 3.63) is 29.8 Å². The SMILES string of the molecule is O=C(c1ccc(NC2=NC3CS(=O)(=O)CC3S2)cc1)N1CCCCC1. The summed E-state index contributed by atoms with van der Waals surface area (Å²) >= 11 is 1.50. The van der Waals surface area contributed by atoms with Crippen LogP contribution in [0.3, 0.4) is 0 Å². The molecule has 1 aromatic carbocycles. The molecule has 1 aromatic rings. The van der Waals surface area contributed by atoms with Crippen molar-refractivity contribution in [1.29, 1.82) is 0 Å². The molecule has 8 heteroatoms. The minimum absolute atomic E-state index is 0.0347. The number of rotatable bonds is 2. The summed E-state index contributed by atoms with van der Waals surface area (Å²) in [5.41, 5.74) is 1.57. The van der Waals surface area contributed by atoms with E-state index in [4.69, 9.17) is 0 Å². The first-order chi connectivity index (χ1) is 12.0. The van der Waals surface area contributed by atoms with Crippen molar-refractivity contribution in [2.45, 2.75) is 30.6 Å². The van der Waals surface area contributed by atoms with Gasteiger partial charge >= 0.3 is 0 Å². The molecule has 2 atom stereocenters. The van der Waals surface area contributed by atoms with Crippen LogP contribution in [0.2, 0.25) is 0 Å². The number of hydrogen-bond donors (Lipinski definition) is 1. The Morgan fingerprint density at radius 3 is 2.52 bits per heavy atom. The molecule has 0 bridgehead atoms. The normalized spacial score (nSPS) is 27.7. The van der Waals surface area contributed by atoms with Gasteiger partial charge in [-0.05, 0) is 43.5 Å². The number of benzene rings is 1. The molecule has 0 saturated carbocycles. The van der Waals surface area contributed by atoms with Crippen molar-refractivity contribution in [2.24, 2.45) is 4.99 Å². The summed E-state index contributed by atoms with van der Waals surface area (Å²) in [7, 11) is -2.93. The topological polar surface area (TPSA) is 78.8 Å². The van der Waals surface area contributed by atoms with E-state index in [0.717, 1.165) is 36.8 Å². The predicted molar refractivity (Wildman–Crippen MR) is 101 cm³/mol. The molecular formula is C17H21N3O3S2. The summed E-state index contributed by atoms with van der Waals surface area (Å²) in [4.78, 5) is 18.9. The molecule has 3 aliphatic rings. The quantitative estimate of drug-likeness (QED) is 0.850. The smallest absolute Gasteiger partial charge is 0.253 e. The first-order valence-electron chi connectivity index (χ1n) is 8.61. The van der Waals surface area contributed by atoms with E-state index in [0.29, 0.717) is 5.56 Å². The summed E-state index contributed by atoms with van der Waals surface area (Å²) < 4.78 is 23.2. The van der Waals surface area contributed by atoms with Gasteiger partial charge in [0.15, 0.2) is 15.0 Å². The standard InChI is InChI=1S/C17H21N3O3S2/c21-16(20-8-2-1-3-9-20)12-4-6-13(7-5-12)18-17-19-14-10-25(22,23)11-15(14)24-17/h4-7,14-15H,1-3,8-11H2,(H,18,19). The van der Waals surface area contributed by atoms with E-state index in [-0.39, 0.29) is 28.7 Å². The van der Waals surface area contributed by atoms with Crippen LogP contribution in [0.4, 0.5) is 5.69 Å². The lowest BCUT2D eigenvalue weighted by Crippen LogP contribution is -2.35. The largest absolute Gasteiger partial charge is 0.339 e. The van der Waals surface area contributed by atoms with Gasteiger partial charge in [0.1, 0.15) is 0 Å². The maximum atomic E-state index is 12.5. The van der Waals surface area contributed by atoms with Crippen LogP contribution in [0, 0.1) is 0 Å². The van der Waals surface area contributed by atoms with Crippen LogP contribution in [0.15, 0.2) is 29.3 Å². The summed E-state index contributed by atoms with van der Waals surface area (Å²) in [5, 5.41) is 4.03. The van der Waals surface area contributed by atoms with Gasteiger partial charge in [-0.1, -0.05) is 11.8 Å². The molecule has 0 aliphatic carbocycles. The van der Waals surface area contributed by atoms with E-state index in [1.165, 1.54) is 18.2 Å². The number of hydrogen-bond acceptors (Lipinski definition) is 6. The number of amidine groups is 1. The Bertz CT molecular complexity index is 799. The van der Waals surface area contributed by atoms with E-state index in [1.807, 2.05) is 29.2 Å². The molecule has 3 aliphatic heterocycles. The fourth-order valence-electron chi connectivity index (χ4n) is 3.52. The predicted octanol–water partition coefficient (Wildman–Crippen LogP) is 1.99. The second-order valence-corrected chi connectivity index (χ2v) is 10.2. The molecule has 134 valence electrons. The molecule has 0 radical (unpaired) electrons.